The van der Waals surface area contributed by atoms with Crippen LogP contribution in [0, 0.1) is 0 Å². The quantitative estimate of drug-likeness (QED) is 0.872. The molecule has 0 radical (unpaired) electrons. The van der Waals surface area contributed by atoms with E-state index in [4.69, 9.17) is 0 Å². The van der Waals surface area contributed by atoms with Crippen molar-refractivity contribution in [3.8, 4) is 0 Å². The second-order valence-corrected chi connectivity index (χ2v) is 8.93. The van der Waals surface area contributed by atoms with Gasteiger partial charge in [0.25, 0.3) is 0 Å². The minimum Gasteiger partial charge on any atom is -0.340 e. The van der Waals surface area contributed by atoms with E-state index < -0.39 is 10.0 Å². The van der Waals surface area contributed by atoms with Crippen LogP contribution in [0.25, 0.3) is 0 Å². The lowest BCUT2D eigenvalue weighted by Gasteiger charge is -2.31. The molecule has 2 aromatic rings. The monoisotopic (exact) mass is 374 g/mol. The Morgan fingerprint density at radius 3 is 2.19 bits per heavy atom. The molecule has 0 amide bonds. The highest BCUT2D eigenvalue weighted by atomic mass is 32.2. The van der Waals surface area contributed by atoms with Gasteiger partial charge in [0.2, 0.25) is 10.0 Å². The van der Waals surface area contributed by atoms with Gasteiger partial charge in [0.15, 0.2) is 0 Å². The molecule has 7 heteroatoms. The van der Waals surface area contributed by atoms with E-state index >= 15 is 0 Å². The molecule has 0 aliphatic carbocycles. The average molecular weight is 375 g/mol. The Labute approximate surface area is 155 Å². The van der Waals surface area contributed by atoms with Crippen LogP contribution in [0.3, 0.4) is 0 Å². The molecule has 0 atom stereocenters. The van der Waals surface area contributed by atoms with Gasteiger partial charge in [0.1, 0.15) is 10.7 Å². The first-order valence-electron chi connectivity index (χ1n) is 8.88. The van der Waals surface area contributed by atoms with Crippen molar-refractivity contribution in [3.05, 3.63) is 48.2 Å². The van der Waals surface area contributed by atoms with Crippen LogP contribution in [0.15, 0.2) is 47.5 Å². The van der Waals surface area contributed by atoms with Gasteiger partial charge in [-0.15, -0.1) is 0 Å². The van der Waals surface area contributed by atoms with E-state index in [1.54, 1.807) is 12.1 Å². The number of pyridine rings is 1. The van der Waals surface area contributed by atoms with E-state index in [2.05, 4.69) is 41.2 Å². The molecular weight excluding hydrogens is 348 g/mol. The number of nitrogens with zero attached hydrogens (tertiary/aromatic N) is 3. The molecule has 1 N–H and O–H groups in total. The van der Waals surface area contributed by atoms with Crippen molar-refractivity contribution in [2.75, 3.05) is 38.5 Å². The first-order chi connectivity index (χ1) is 12.4. The molecule has 3 rings (SSSR count). The SMILES string of the molecule is CC(C)c1ccc(Nc2ccc(S(=O)(=O)N3CCN(C)CC3)cn2)cc1. The fourth-order valence-corrected chi connectivity index (χ4v) is 4.25. The smallest absolute Gasteiger partial charge is 0.244 e. The Kier molecular flexibility index (Phi) is 5.60. The van der Waals surface area contributed by atoms with E-state index in [0.29, 0.717) is 24.8 Å². The fraction of sp³-hybridized carbons (Fsp3) is 0.421. The minimum atomic E-state index is -3.47. The molecule has 0 bridgehead atoms. The summed E-state index contributed by atoms with van der Waals surface area (Å²) in [5, 5.41) is 3.21. The van der Waals surface area contributed by atoms with Crippen LogP contribution in [0.1, 0.15) is 25.3 Å². The molecule has 26 heavy (non-hydrogen) atoms. The van der Waals surface area contributed by atoms with Crippen molar-refractivity contribution in [3.63, 3.8) is 0 Å². The van der Waals surface area contributed by atoms with Crippen molar-refractivity contribution in [1.82, 2.24) is 14.2 Å². The summed E-state index contributed by atoms with van der Waals surface area (Å²) in [6, 6.07) is 11.5. The number of piperazine rings is 1. The van der Waals surface area contributed by atoms with E-state index in [1.807, 2.05) is 19.2 Å². The summed E-state index contributed by atoms with van der Waals surface area (Å²) in [6.45, 7) is 6.84. The van der Waals surface area contributed by atoms with Crippen molar-refractivity contribution in [2.45, 2.75) is 24.7 Å². The maximum atomic E-state index is 12.7. The predicted molar refractivity (Wildman–Crippen MR) is 104 cm³/mol. The van der Waals surface area contributed by atoms with Gasteiger partial charge in [-0.1, -0.05) is 26.0 Å². The molecule has 1 saturated heterocycles. The van der Waals surface area contributed by atoms with Gasteiger partial charge in [-0.2, -0.15) is 4.31 Å². The van der Waals surface area contributed by atoms with Crippen molar-refractivity contribution in [2.24, 2.45) is 0 Å². The van der Waals surface area contributed by atoms with Crippen molar-refractivity contribution in [1.29, 1.82) is 0 Å². The number of rotatable bonds is 5. The lowest BCUT2D eigenvalue weighted by atomic mass is 10.0. The van der Waals surface area contributed by atoms with Crippen LogP contribution in [0.4, 0.5) is 11.5 Å². The topological polar surface area (TPSA) is 65.5 Å². The Morgan fingerprint density at radius 2 is 1.65 bits per heavy atom. The number of nitrogens with one attached hydrogen (secondary N) is 1. The summed E-state index contributed by atoms with van der Waals surface area (Å²) in [4.78, 5) is 6.65. The molecule has 1 aromatic carbocycles. The Bertz CT molecular complexity index is 825. The molecule has 1 aliphatic heterocycles. The van der Waals surface area contributed by atoms with Gasteiger partial charge >= 0.3 is 0 Å². The number of anilines is 2. The maximum absolute atomic E-state index is 12.7. The molecule has 1 aromatic heterocycles. The number of sulfonamides is 1. The van der Waals surface area contributed by atoms with Gasteiger partial charge in [-0.05, 0) is 42.8 Å². The summed E-state index contributed by atoms with van der Waals surface area (Å²) in [7, 11) is -1.47. The Hall–Kier alpha value is -1.96. The van der Waals surface area contributed by atoms with Crippen molar-refractivity contribution >= 4 is 21.5 Å². The first kappa shape index (κ1) is 18.8. The second kappa shape index (κ2) is 7.73. The zero-order chi connectivity index (χ0) is 18.7. The van der Waals surface area contributed by atoms with Crippen molar-refractivity contribution < 1.29 is 8.42 Å². The third-order valence-electron chi connectivity index (χ3n) is 4.69. The highest BCUT2D eigenvalue weighted by Gasteiger charge is 2.27. The van der Waals surface area contributed by atoms with Gasteiger partial charge in [-0.3, -0.25) is 0 Å². The van der Waals surface area contributed by atoms with Crippen LogP contribution in [-0.2, 0) is 10.0 Å². The summed E-state index contributed by atoms with van der Waals surface area (Å²) >= 11 is 0. The van der Waals surface area contributed by atoms with Crippen LogP contribution in [0.5, 0.6) is 0 Å². The molecule has 6 nitrogen and oxygen atoms in total. The predicted octanol–water partition coefficient (Wildman–Crippen LogP) is 2.88. The molecule has 0 spiro atoms. The number of benzene rings is 1. The molecule has 0 saturated carbocycles. The minimum absolute atomic E-state index is 0.239. The third kappa shape index (κ3) is 4.23. The average Bonchev–Trinajstić information content (AvgIpc) is 2.63. The molecule has 140 valence electrons. The summed E-state index contributed by atoms with van der Waals surface area (Å²) in [5.41, 5.74) is 2.20. The van der Waals surface area contributed by atoms with Gasteiger partial charge in [0.05, 0.1) is 0 Å². The lowest BCUT2D eigenvalue weighted by molar-refractivity contribution is 0.222. The molecule has 1 aliphatic rings. The number of hydrogen-bond donors (Lipinski definition) is 1. The van der Waals surface area contributed by atoms with E-state index in [-0.39, 0.29) is 4.90 Å². The molecule has 2 heterocycles. The highest BCUT2D eigenvalue weighted by Crippen LogP contribution is 2.21. The van der Waals surface area contributed by atoms with Gasteiger partial charge in [-0.25, -0.2) is 13.4 Å². The summed E-state index contributed by atoms with van der Waals surface area (Å²) in [6.07, 6.45) is 1.43. The van der Waals surface area contributed by atoms with Crippen LogP contribution >= 0.6 is 0 Å². The lowest BCUT2D eigenvalue weighted by Crippen LogP contribution is -2.47. The number of aromatic nitrogens is 1. The number of likely N-dealkylation sites (N-methyl/N-ethyl adjacent to an activating group) is 1. The van der Waals surface area contributed by atoms with Gasteiger partial charge in [0, 0.05) is 38.1 Å². The van der Waals surface area contributed by atoms with Crippen LogP contribution in [-0.4, -0.2) is 55.8 Å². The van der Waals surface area contributed by atoms with Gasteiger partial charge < -0.3 is 10.2 Å². The maximum Gasteiger partial charge on any atom is 0.244 e. The standard InChI is InChI=1S/C19H26N4O2S/c1-15(2)16-4-6-17(7-5-16)21-19-9-8-18(14-20-19)26(24,25)23-12-10-22(3)11-13-23/h4-9,14-15H,10-13H2,1-3H3,(H,20,21). The first-order valence-corrected chi connectivity index (χ1v) is 10.3. The highest BCUT2D eigenvalue weighted by molar-refractivity contribution is 7.89. The molecular formula is C19H26N4O2S. The third-order valence-corrected chi connectivity index (χ3v) is 6.57. The second-order valence-electron chi connectivity index (χ2n) is 6.99. The Balaban J connectivity index is 1.70. The zero-order valence-electron chi connectivity index (χ0n) is 15.5. The normalized spacial score (nSPS) is 16.8. The van der Waals surface area contributed by atoms with E-state index in [1.165, 1.54) is 16.1 Å². The van der Waals surface area contributed by atoms with Crippen LogP contribution < -0.4 is 5.32 Å². The van der Waals surface area contributed by atoms with E-state index in [0.717, 1.165) is 18.8 Å². The summed E-state index contributed by atoms with van der Waals surface area (Å²) < 4.78 is 27.0. The van der Waals surface area contributed by atoms with E-state index in [9.17, 15) is 8.42 Å². The van der Waals surface area contributed by atoms with Crippen LogP contribution in [0.2, 0.25) is 0 Å². The fourth-order valence-electron chi connectivity index (χ4n) is 2.88. The number of hydrogen-bond acceptors (Lipinski definition) is 5. The molecule has 1 fully saturated rings. The molecule has 0 unspecified atom stereocenters. The Morgan fingerprint density at radius 1 is 1.00 bits per heavy atom. The zero-order valence-corrected chi connectivity index (χ0v) is 16.3. The largest absolute Gasteiger partial charge is 0.340 e. The summed E-state index contributed by atoms with van der Waals surface area (Å²) in [5.74, 6) is 1.11.